The van der Waals surface area contributed by atoms with Gasteiger partial charge in [-0.25, -0.2) is 8.78 Å². The van der Waals surface area contributed by atoms with Crippen LogP contribution >= 0.6 is 0 Å². The molecule has 2 aromatic carbocycles. The Bertz CT molecular complexity index is 746. The minimum atomic E-state index is -0.575. The third kappa shape index (κ3) is 5.61. The molecule has 0 bridgehead atoms. The second-order valence-electron chi connectivity index (χ2n) is 5.56. The van der Waals surface area contributed by atoms with E-state index >= 15 is 0 Å². The second-order valence-corrected chi connectivity index (χ2v) is 5.56. The van der Waals surface area contributed by atoms with Crippen molar-refractivity contribution in [1.29, 1.82) is 0 Å². The van der Waals surface area contributed by atoms with Gasteiger partial charge < -0.3 is 20.1 Å². The Morgan fingerprint density at radius 1 is 1.00 bits per heavy atom. The molecule has 0 aliphatic rings. The number of rotatable bonds is 7. The lowest BCUT2D eigenvalue weighted by Crippen LogP contribution is -2.37. The highest BCUT2D eigenvalue weighted by Crippen LogP contribution is 2.24. The number of hydrogen-bond acceptors (Lipinski definition) is 3. The van der Waals surface area contributed by atoms with E-state index in [2.05, 4.69) is 15.6 Å². The predicted molar refractivity (Wildman–Crippen MR) is 97.8 cm³/mol. The van der Waals surface area contributed by atoms with Gasteiger partial charge in [0.15, 0.2) is 5.96 Å². The van der Waals surface area contributed by atoms with E-state index in [1.807, 2.05) is 18.2 Å². The highest BCUT2D eigenvalue weighted by molar-refractivity contribution is 5.79. The summed E-state index contributed by atoms with van der Waals surface area (Å²) in [4.78, 5) is 4.14. The zero-order valence-electron chi connectivity index (χ0n) is 15.1. The van der Waals surface area contributed by atoms with Gasteiger partial charge in [0.2, 0.25) is 0 Å². The summed E-state index contributed by atoms with van der Waals surface area (Å²) in [7, 11) is 4.86. The fraction of sp³-hybridized carbons (Fsp3) is 0.316. The lowest BCUT2D eigenvalue weighted by atomic mass is 10.1. The summed E-state index contributed by atoms with van der Waals surface area (Å²) in [5, 5.41) is 6.29. The summed E-state index contributed by atoms with van der Waals surface area (Å²) < 4.78 is 36.9. The van der Waals surface area contributed by atoms with Crippen molar-refractivity contribution in [1.82, 2.24) is 10.6 Å². The Morgan fingerprint density at radius 2 is 1.73 bits per heavy atom. The van der Waals surface area contributed by atoms with Crippen LogP contribution in [0.1, 0.15) is 11.1 Å². The number of guanidine groups is 1. The van der Waals surface area contributed by atoms with E-state index in [-0.39, 0.29) is 0 Å². The van der Waals surface area contributed by atoms with E-state index < -0.39 is 11.6 Å². The topological polar surface area (TPSA) is 54.9 Å². The molecule has 5 nitrogen and oxygen atoms in total. The summed E-state index contributed by atoms with van der Waals surface area (Å²) in [5.74, 6) is 0.862. The quantitative estimate of drug-likeness (QED) is 0.587. The van der Waals surface area contributed by atoms with Crippen LogP contribution in [-0.2, 0) is 13.0 Å². The molecule has 0 saturated carbocycles. The Kier molecular flexibility index (Phi) is 7.20. The molecule has 0 unspecified atom stereocenters. The largest absolute Gasteiger partial charge is 0.497 e. The summed E-state index contributed by atoms with van der Waals surface area (Å²) in [6, 6.07) is 9.08. The Balaban J connectivity index is 1.88. The van der Waals surface area contributed by atoms with E-state index in [0.29, 0.717) is 36.8 Å². The number of ether oxygens (including phenoxy) is 2. The molecule has 2 rings (SSSR count). The van der Waals surface area contributed by atoms with Crippen molar-refractivity contribution in [2.75, 3.05) is 27.8 Å². The van der Waals surface area contributed by atoms with Gasteiger partial charge in [0.05, 0.1) is 14.2 Å². The van der Waals surface area contributed by atoms with Crippen LogP contribution in [0.15, 0.2) is 41.4 Å². The van der Waals surface area contributed by atoms with Gasteiger partial charge in [-0.2, -0.15) is 0 Å². The first-order chi connectivity index (χ1) is 12.5. The first kappa shape index (κ1) is 19.5. The number of aliphatic imine (C=N–C) groups is 1. The van der Waals surface area contributed by atoms with Crippen molar-refractivity contribution < 1.29 is 18.3 Å². The van der Waals surface area contributed by atoms with E-state index in [1.165, 1.54) is 12.1 Å². The number of benzene rings is 2. The zero-order valence-corrected chi connectivity index (χ0v) is 15.1. The van der Waals surface area contributed by atoms with Gasteiger partial charge in [-0.15, -0.1) is 0 Å². The number of methoxy groups -OCH3 is 2. The van der Waals surface area contributed by atoms with Crippen LogP contribution in [0.4, 0.5) is 8.78 Å². The Hall–Kier alpha value is -2.83. The van der Waals surface area contributed by atoms with Crippen LogP contribution in [0.25, 0.3) is 0 Å². The molecule has 0 spiro atoms. The highest BCUT2D eigenvalue weighted by atomic mass is 19.1. The van der Waals surface area contributed by atoms with Crippen molar-refractivity contribution in [2.45, 2.75) is 13.0 Å². The number of hydrogen-bond donors (Lipinski definition) is 2. The Labute approximate surface area is 152 Å². The lowest BCUT2D eigenvalue weighted by Gasteiger charge is -2.14. The van der Waals surface area contributed by atoms with Crippen molar-refractivity contribution >= 4 is 5.96 Å². The van der Waals surface area contributed by atoms with Crippen LogP contribution in [0.2, 0.25) is 0 Å². The monoisotopic (exact) mass is 363 g/mol. The zero-order chi connectivity index (χ0) is 18.9. The summed E-state index contributed by atoms with van der Waals surface area (Å²) in [6.45, 7) is 0.990. The Morgan fingerprint density at radius 3 is 2.35 bits per heavy atom. The van der Waals surface area contributed by atoms with Crippen LogP contribution < -0.4 is 20.1 Å². The molecule has 0 radical (unpaired) electrons. The van der Waals surface area contributed by atoms with Gasteiger partial charge in [0.1, 0.15) is 23.1 Å². The molecule has 0 amide bonds. The number of nitrogens with zero attached hydrogens (tertiary/aromatic N) is 1. The minimum Gasteiger partial charge on any atom is -0.497 e. The molecule has 0 aliphatic heterocycles. The van der Waals surface area contributed by atoms with E-state index in [0.717, 1.165) is 17.4 Å². The fourth-order valence-corrected chi connectivity index (χ4v) is 2.48. The maximum Gasteiger partial charge on any atom is 0.191 e. The van der Waals surface area contributed by atoms with Gasteiger partial charge in [0.25, 0.3) is 0 Å². The maximum absolute atomic E-state index is 13.2. The number of halogens is 2. The molecule has 0 heterocycles. The average Bonchev–Trinajstić information content (AvgIpc) is 2.63. The average molecular weight is 363 g/mol. The van der Waals surface area contributed by atoms with Crippen molar-refractivity contribution in [2.24, 2.45) is 4.99 Å². The molecule has 140 valence electrons. The van der Waals surface area contributed by atoms with Gasteiger partial charge in [-0.05, 0) is 36.2 Å². The molecule has 0 atom stereocenters. The summed E-state index contributed by atoms with van der Waals surface area (Å²) in [6.07, 6.45) is 0.473. The van der Waals surface area contributed by atoms with E-state index in [1.54, 1.807) is 21.3 Å². The fourth-order valence-electron chi connectivity index (χ4n) is 2.48. The van der Waals surface area contributed by atoms with Crippen molar-refractivity contribution in [3.05, 3.63) is 59.2 Å². The molecular formula is C19H23F2N3O2. The standard InChI is InChI=1S/C19H23F2N3O2/c1-22-19(23-7-6-13-8-15(20)10-16(21)9-13)24-12-14-4-5-17(25-2)11-18(14)26-3/h4-5,8-11H,6-7,12H2,1-3H3,(H2,22,23,24). The first-order valence-electron chi connectivity index (χ1n) is 8.16. The molecule has 7 heteroatoms. The minimum absolute atomic E-state index is 0.473. The summed E-state index contributed by atoms with van der Waals surface area (Å²) >= 11 is 0. The third-order valence-corrected chi connectivity index (χ3v) is 3.79. The molecule has 0 fully saturated rings. The summed E-state index contributed by atoms with van der Waals surface area (Å²) in [5.41, 5.74) is 1.53. The van der Waals surface area contributed by atoms with Crippen molar-refractivity contribution in [3.63, 3.8) is 0 Å². The molecule has 26 heavy (non-hydrogen) atoms. The van der Waals surface area contributed by atoms with Gasteiger partial charge in [-0.3, -0.25) is 4.99 Å². The van der Waals surface area contributed by atoms with Gasteiger partial charge in [-0.1, -0.05) is 0 Å². The van der Waals surface area contributed by atoms with E-state index in [4.69, 9.17) is 9.47 Å². The van der Waals surface area contributed by atoms with Crippen LogP contribution in [0, 0.1) is 11.6 Å². The molecule has 0 aliphatic carbocycles. The second kappa shape index (κ2) is 9.60. The van der Waals surface area contributed by atoms with E-state index in [9.17, 15) is 8.78 Å². The molecule has 2 N–H and O–H groups in total. The lowest BCUT2D eigenvalue weighted by molar-refractivity contribution is 0.390. The van der Waals surface area contributed by atoms with Crippen LogP contribution in [-0.4, -0.2) is 33.8 Å². The normalized spacial score (nSPS) is 11.2. The molecule has 0 saturated heterocycles. The molecular weight excluding hydrogens is 340 g/mol. The van der Waals surface area contributed by atoms with Crippen LogP contribution in [0.3, 0.4) is 0 Å². The smallest absolute Gasteiger partial charge is 0.191 e. The third-order valence-electron chi connectivity index (χ3n) is 3.79. The highest BCUT2D eigenvalue weighted by Gasteiger charge is 2.06. The van der Waals surface area contributed by atoms with Crippen LogP contribution in [0.5, 0.6) is 11.5 Å². The molecule has 0 aromatic heterocycles. The number of nitrogens with one attached hydrogen (secondary N) is 2. The maximum atomic E-state index is 13.2. The predicted octanol–water partition coefficient (Wildman–Crippen LogP) is 2.89. The van der Waals surface area contributed by atoms with Crippen molar-refractivity contribution in [3.8, 4) is 11.5 Å². The molecule has 2 aromatic rings. The van der Waals surface area contributed by atoms with Gasteiger partial charge >= 0.3 is 0 Å². The first-order valence-corrected chi connectivity index (χ1v) is 8.16. The van der Waals surface area contributed by atoms with Gasteiger partial charge in [0, 0.05) is 37.8 Å². The SMILES string of the molecule is CN=C(NCCc1cc(F)cc(F)c1)NCc1ccc(OC)cc1OC.